The number of carboxylic acids is 2. The number of nitrogens with zero attached hydrogens (tertiary/aromatic N) is 1. The van der Waals surface area contributed by atoms with Crippen LogP contribution in [-0.2, 0) is 9.59 Å². The highest BCUT2D eigenvalue weighted by Gasteiger charge is 2.23. The van der Waals surface area contributed by atoms with Gasteiger partial charge in [-0.25, -0.2) is 0 Å². The highest BCUT2D eigenvalue weighted by molar-refractivity contribution is 5.99. The Hall–Kier alpha value is -2.37. The van der Waals surface area contributed by atoms with E-state index in [1.165, 1.54) is 0 Å². The van der Waals surface area contributed by atoms with Gasteiger partial charge in [0.1, 0.15) is 13.1 Å². The molecule has 0 unspecified atom stereocenters. The fourth-order valence-corrected chi connectivity index (χ4v) is 2.20. The molecule has 1 rings (SSSR count). The van der Waals surface area contributed by atoms with Crippen molar-refractivity contribution < 1.29 is 24.6 Å². The number of carbonyl (C=O) groups excluding carboxylic acids is 1. The summed E-state index contributed by atoms with van der Waals surface area (Å²) in [6.45, 7) is 4.09. The van der Waals surface area contributed by atoms with Gasteiger partial charge in [0.15, 0.2) is 0 Å². The van der Waals surface area contributed by atoms with Crippen molar-refractivity contribution in [3.63, 3.8) is 0 Å². The van der Waals surface area contributed by atoms with Crippen molar-refractivity contribution in [2.75, 3.05) is 13.1 Å². The standard InChI is InChI=1S/C14H17NO5/c1-8-4-9(2)13(10(3)5-8)14(20)15(6-11(16)17)7-12(18)19/h4-5H,6-7H2,1-3H3,(H,16,17)(H,18,19). The van der Waals surface area contributed by atoms with E-state index in [4.69, 9.17) is 10.2 Å². The van der Waals surface area contributed by atoms with E-state index >= 15 is 0 Å². The van der Waals surface area contributed by atoms with Gasteiger partial charge in [-0.2, -0.15) is 0 Å². The van der Waals surface area contributed by atoms with Crippen molar-refractivity contribution in [3.8, 4) is 0 Å². The number of carbonyl (C=O) groups is 3. The molecule has 0 saturated carbocycles. The van der Waals surface area contributed by atoms with Gasteiger partial charge < -0.3 is 15.1 Å². The molecule has 0 aliphatic heterocycles. The molecule has 0 bridgehead atoms. The molecule has 1 aromatic carbocycles. The smallest absolute Gasteiger partial charge is 0.323 e. The molecule has 108 valence electrons. The van der Waals surface area contributed by atoms with Crippen LogP contribution in [0.25, 0.3) is 0 Å². The monoisotopic (exact) mass is 279 g/mol. The minimum atomic E-state index is -1.25. The molecule has 0 spiro atoms. The predicted octanol–water partition coefficient (Wildman–Crippen LogP) is 1.22. The summed E-state index contributed by atoms with van der Waals surface area (Å²) in [5.74, 6) is -3.08. The number of aryl methyl sites for hydroxylation is 3. The number of carboxylic acid groups (broad SMARTS) is 2. The number of hydrogen-bond donors (Lipinski definition) is 2. The van der Waals surface area contributed by atoms with Gasteiger partial charge in [-0.05, 0) is 31.9 Å². The van der Waals surface area contributed by atoms with E-state index in [1.54, 1.807) is 26.0 Å². The van der Waals surface area contributed by atoms with Gasteiger partial charge in [0.05, 0.1) is 0 Å². The van der Waals surface area contributed by atoms with E-state index in [-0.39, 0.29) is 0 Å². The molecular weight excluding hydrogens is 262 g/mol. The molecular formula is C14H17NO5. The van der Waals surface area contributed by atoms with E-state index in [0.29, 0.717) is 16.7 Å². The van der Waals surface area contributed by atoms with Crippen LogP contribution in [0.15, 0.2) is 12.1 Å². The highest BCUT2D eigenvalue weighted by Crippen LogP contribution is 2.18. The van der Waals surface area contributed by atoms with E-state index < -0.39 is 30.9 Å². The lowest BCUT2D eigenvalue weighted by Gasteiger charge is -2.21. The lowest BCUT2D eigenvalue weighted by Crippen LogP contribution is -2.40. The summed E-state index contributed by atoms with van der Waals surface area (Å²) >= 11 is 0. The fourth-order valence-electron chi connectivity index (χ4n) is 2.20. The average molecular weight is 279 g/mol. The second-order valence-corrected chi connectivity index (χ2v) is 4.72. The Labute approximate surface area is 116 Å². The molecule has 0 saturated heterocycles. The van der Waals surface area contributed by atoms with Crippen LogP contribution in [0, 0.1) is 20.8 Å². The predicted molar refractivity (Wildman–Crippen MR) is 71.8 cm³/mol. The van der Waals surface area contributed by atoms with Crippen LogP contribution in [0.4, 0.5) is 0 Å². The van der Waals surface area contributed by atoms with E-state index in [9.17, 15) is 14.4 Å². The first-order valence-electron chi connectivity index (χ1n) is 6.03. The summed E-state index contributed by atoms with van der Waals surface area (Å²) in [6, 6.07) is 3.61. The maximum absolute atomic E-state index is 12.4. The summed E-state index contributed by atoms with van der Waals surface area (Å²) in [6.07, 6.45) is 0. The number of hydrogen-bond acceptors (Lipinski definition) is 3. The normalized spacial score (nSPS) is 10.2. The third-order valence-corrected chi connectivity index (χ3v) is 2.83. The van der Waals surface area contributed by atoms with Crippen molar-refractivity contribution in [1.29, 1.82) is 0 Å². The van der Waals surface area contributed by atoms with Gasteiger partial charge in [0.25, 0.3) is 5.91 Å². The number of aliphatic carboxylic acids is 2. The Morgan fingerprint density at radius 2 is 1.35 bits per heavy atom. The van der Waals surface area contributed by atoms with Crippen molar-refractivity contribution in [2.45, 2.75) is 20.8 Å². The summed E-state index contributed by atoms with van der Waals surface area (Å²) in [5, 5.41) is 17.6. The van der Waals surface area contributed by atoms with Gasteiger partial charge in [0, 0.05) is 5.56 Å². The van der Waals surface area contributed by atoms with Crippen molar-refractivity contribution in [2.24, 2.45) is 0 Å². The number of amides is 1. The van der Waals surface area contributed by atoms with E-state index in [2.05, 4.69) is 0 Å². The minimum absolute atomic E-state index is 0.359. The van der Waals surface area contributed by atoms with E-state index in [0.717, 1.165) is 10.5 Å². The molecule has 6 nitrogen and oxygen atoms in total. The van der Waals surface area contributed by atoms with Crippen LogP contribution in [0.2, 0.25) is 0 Å². The van der Waals surface area contributed by atoms with E-state index in [1.807, 2.05) is 6.92 Å². The Kier molecular flexibility index (Phi) is 4.85. The van der Waals surface area contributed by atoms with Crippen molar-refractivity contribution >= 4 is 17.8 Å². The number of benzene rings is 1. The molecule has 0 aliphatic rings. The molecule has 0 fully saturated rings. The molecule has 1 aromatic rings. The first-order chi connectivity index (χ1) is 9.22. The van der Waals surface area contributed by atoms with Crippen molar-refractivity contribution in [3.05, 3.63) is 34.4 Å². The zero-order valence-corrected chi connectivity index (χ0v) is 11.6. The SMILES string of the molecule is Cc1cc(C)c(C(=O)N(CC(=O)O)CC(=O)O)c(C)c1. The molecule has 2 N–H and O–H groups in total. The third kappa shape index (κ3) is 3.81. The fraction of sp³-hybridized carbons (Fsp3) is 0.357. The van der Waals surface area contributed by atoms with Crippen LogP contribution >= 0.6 is 0 Å². The van der Waals surface area contributed by atoms with Crippen LogP contribution in [0.3, 0.4) is 0 Å². The molecule has 0 radical (unpaired) electrons. The molecule has 6 heteroatoms. The van der Waals surface area contributed by atoms with Gasteiger partial charge in [-0.3, -0.25) is 14.4 Å². The second kappa shape index (κ2) is 6.18. The largest absolute Gasteiger partial charge is 0.480 e. The summed E-state index contributed by atoms with van der Waals surface area (Å²) in [5.41, 5.74) is 2.75. The molecule has 0 aromatic heterocycles. The number of rotatable bonds is 5. The third-order valence-electron chi connectivity index (χ3n) is 2.83. The minimum Gasteiger partial charge on any atom is -0.480 e. The Balaban J connectivity index is 3.18. The first-order valence-corrected chi connectivity index (χ1v) is 6.03. The molecule has 0 heterocycles. The summed E-state index contributed by atoms with van der Waals surface area (Å²) in [7, 11) is 0. The lowest BCUT2D eigenvalue weighted by atomic mass is 9.98. The van der Waals surface area contributed by atoms with Crippen LogP contribution in [0.1, 0.15) is 27.0 Å². The van der Waals surface area contributed by atoms with Gasteiger partial charge in [0.2, 0.25) is 0 Å². The van der Waals surface area contributed by atoms with Crippen LogP contribution in [-0.4, -0.2) is 46.0 Å². The summed E-state index contributed by atoms with van der Waals surface area (Å²) in [4.78, 5) is 34.7. The Morgan fingerprint density at radius 1 is 0.950 bits per heavy atom. The highest BCUT2D eigenvalue weighted by atomic mass is 16.4. The maximum atomic E-state index is 12.4. The molecule has 20 heavy (non-hydrogen) atoms. The van der Waals surface area contributed by atoms with Gasteiger partial charge in [-0.1, -0.05) is 17.7 Å². The van der Waals surface area contributed by atoms with Crippen LogP contribution in [0.5, 0.6) is 0 Å². The Bertz CT molecular complexity index is 526. The van der Waals surface area contributed by atoms with Crippen molar-refractivity contribution in [1.82, 2.24) is 4.90 Å². The maximum Gasteiger partial charge on any atom is 0.323 e. The summed E-state index contributed by atoms with van der Waals surface area (Å²) < 4.78 is 0. The quantitative estimate of drug-likeness (QED) is 0.845. The van der Waals surface area contributed by atoms with Gasteiger partial charge in [-0.15, -0.1) is 0 Å². The Morgan fingerprint density at radius 3 is 1.70 bits per heavy atom. The van der Waals surface area contributed by atoms with Crippen LogP contribution < -0.4 is 0 Å². The molecule has 0 aliphatic carbocycles. The topological polar surface area (TPSA) is 94.9 Å². The zero-order chi connectivity index (χ0) is 15.4. The van der Waals surface area contributed by atoms with Gasteiger partial charge >= 0.3 is 11.9 Å². The zero-order valence-electron chi connectivity index (χ0n) is 11.6. The second-order valence-electron chi connectivity index (χ2n) is 4.72. The molecule has 1 amide bonds. The average Bonchev–Trinajstić information content (AvgIpc) is 2.24. The molecule has 0 atom stereocenters. The lowest BCUT2D eigenvalue weighted by molar-refractivity contribution is -0.140. The first kappa shape index (κ1) is 15.7.